The summed E-state index contributed by atoms with van der Waals surface area (Å²) in [6, 6.07) is 6.14. The third kappa shape index (κ3) is 2.91. The van der Waals surface area contributed by atoms with Crippen LogP contribution in [0, 0.1) is 6.92 Å². The van der Waals surface area contributed by atoms with E-state index in [0.29, 0.717) is 13.1 Å². The summed E-state index contributed by atoms with van der Waals surface area (Å²) in [7, 11) is 0. The zero-order valence-corrected chi connectivity index (χ0v) is 9.59. The standard InChI is InChI=1S/C12H15F3N2/c1-9-2-4-10(5-3-9)17-7-6-16-11(8-17)12(13,14)15/h2-5,11,16H,6-8H2,1H3. The summed E-state index contributed by atoms with van der Waals surface area (Å²) < 4.78 is 37.8. The third-order valence-electron chi connectivity index (χ3n) is 2.97. The van der Waals surface area contributed by atoms with Gasteiger partial charge in [0, 0.05) is 25.3 Å². The topological polar surface area (TPSA) is 15.3 Å². The molecule has 1 N–H and O–H groups in total. The molecule has 1 atom stereocenters. The van der Waals surface area contributed by atoms with Gasteiger partial charge in [0.1, 0.15) is 6.04 Å². The van der Waals surface area contributed by atoms with E-state index in [2.05, 4.69) is 5.32 Å². The third-order valence-corrected chi connectivity index (χ3v) is 2.97. The van der Waals surface area contributed by atoms with Crippen LogP contribution in [0.5, 0.6) is 0 Å². The summed E-state index contributed by atoms with van der Waals surface area (Å²) >= 11 is 0. The van der Waals surface area contributed by atoms with Crippen LogP contribution in [0.1, 0.15) is 5.56 Å². The van der Waals surface area contributed by atoms with Crippen molar-refractivity contribution in [3.05, 3.63) is 29.8 Å². The van der Waals surface area contributed by atoms with Crippen molar-refractivity contribution in [2.75, 3.05) is 24.5 Å². The van der Waals surface area contributed by atoms with Crippen LogP contribution in [0.3, 0.4) is 0 Å². The number of hydrogen-bond acceptors (Lipinski definition) is 2. The van der Waals surface area contributed by atoms with E-state index in [1.165, 1.54) is 0 Å². The normalized spacial score (nSPS) is 21.6. The fraction of sp³-hybridized carbons (Fsp3) is 0.500. The quantitative estimate of drug-likeness (QED) is 0.815. The fourth-order valence-electron chi connectivity index (χ4n) is 1.96. The maximum Gasteiger partial charge on any atom is 0.405 e. The van der Waals surface area contributed by atoms with Crippen LogP contribution in [-0.4, -0.2) is 31.9 Å². The lowest BCUT2D eigenvalue weighted by atomic mass is 10.1. The van der Waals surface area contributed by atoms with Crippen molar-refractivity contribution in [1.82, 2.24) is 5.32 Å². The molecule has 1 aromatic carbocycles. The van der Waals surface area contributed by atoms with Crippen molar-refractivity contribution in [1.29, 1.82) is 0 Å². The Morgan fingerprint density at radius 1 is 1.24 bits per heavy atom. The first-order valence-electron chi connectivity index (χ1n) is 5.58. The number of anilines is 1. The maximum absolute atomic E-state index is 12.6. The maximum atomic E-state index is 12.6. The number of piperazine rings is 1. The number of nitrogens with one attached hydrogen (secondary N) is 1. The Morgan fingerprint density at radius 2 is 1.88 bits per heavy atom. The molecule has 1 unspecified atom stereocenters. The first-order chi connectivity index (χ1) is 7.97. The molecule has 2 rings (SSSR count). The van der Waals surface area contributed by atoms with Crippen LogP contribution in [0.4, 0.5) is 18.9 Å². The van der Waals surface area contributed by atoms with E-state index in [9.17, 15) is 13.2 Å². The minimum absolute atomic E-state index is 0.0213. The molecule has 0 aromatic heterocycles. The Labute approximate surface area is 98.4 Å². The van der Waals surface area contributed by atoms with Gasteiger partial charge in [-0.15, -0.1) is 0 Å². The van der Waals surface area contributed by atoms with Crippen LogP contribution in [0.25, 0.3) is 0 Å². The van der Waals surface area contributed by atoms with E-state index in [-0.39, 0.29) is 6.54 Å². The van der Waals surface area contributed by atoms with Gasteiger partial charge in [0.25, 0.3) is 0 Å². The number of rotatable bonds is 1. The molecule has 1 aliphatic rings. The lowest BCUT2D eigenvalue weighted by molar-refractivity contribution is -0.155. The van der Waals surface area contributed by atoms with Crippen LogP contribution in [-0.2, 0) is 0 Å². The summed E-state index contributed by atoms with van der Waals surface area (Å²) in [5, 5.41) is 2.50. The molecule has 1 saturated heterocycles. The molecule has 1 aliphatic heterocycles. The van der Waals surface area contributed by atoms with E-state index >= 15 is 0 Å². The van der Waals surface area contributed by atoms with Crippen LogP contribution >= 0.6 is 0 Å². The van der Waals surface area contributed by atoms with Gasteiger partial charge in [0.2, 0.25) is 0 Å². The lowest BCUT2D eigenvalue weighted by Crippen LogP contribution is -2.57. The molecule has 0 spiro atoms. The first-order valence-corrected chi connectivity index (χ1v) is 5.58. The number of aryl methyl sites for hydroxylation is 1. The van der Waals surface area contributed by atoms with Gasteiger partial charge in [-0.1, -0.05) is 17.7 Å². The summed E-state index contributed by atoms with van der Waals surface area (Å²) in [5.41, 5.74) is 1.96. The average Bonchev–Trinajstić information content (AvgIpc) is 2.29. The van der Waals surface area contributed by atoms with Crippen LogP contribution < -0.4 is 10.2 Å². The minimum atomic E-state index is -4.18. The number of nitrogens with zero attached hydrogens (tertiary/aromatic N) is 1. The molecule has 0 saturated carbocycles. The van der Waals surface area contributed by atoms with Gasteiger partial charge in [-0.05, 0) is 19.1 Å². The highest BCUT2D eigenvalue weighted by Gasteiger charge is 2.41. The van der Waals surface area contributed by atoms with Gasteiger partial charge in [-0.25, -0.2) is 0 Å². The van der Waals surface area contributed by atoms with Gasteiger partial charge in [0.15, 0.2) is 0 Å². The highest BCUT2D eigenvalue weighted by molar-refractivity contribution is 5.48. The number of halogens is 3. The zero-order chi connectivity index (χ0) is 12.5. The molecule has 2 nitrogen and oxygen atoms in total. The van der Waals surface area contributed by atoms with Crippen molar-refractivity contribution in [3.8, 4) is 0 Å². The van der Waals surface area contributed by atoms with E-state index in [0.717, 1.165) is 11.3 Å². The second-order valence-electron chi connectivity index (χ2n) is 4.33. The zero-order valence-electron chi connectivity index (χ0n) is 9.59. The average molecular weight is 244 g/mol. The number of hydrogen-bond donors (Lipinski definition) is 1. The monoisotopic (exact) mass is 244 g/mol. The largest absolute Gasteiger partial charge is 0.405 e. The van der Waals surface area contributed by atoms with E-state index in [1.807, 2.05) is 31.2 Å². The lowest BCUT2D eigenvalue weighted by Gasteiger charge is -2.36. The van der Waals surface area contributed by atoms with Crippen molar-refractivity contribution in [2.45, 2.75) is 19.1 Å². The molecule has 1 fully saturated rings. The minimum Gasteiger partial charge on any atom is -0.368 e. The van der Waals surface area contributed by atoms with Crippen molar-refractivity contribution in [2.24, 2.45) is 0 Å². The molecule has 0 bridgehead atoms. The molecule has 1 aromatic rings. The van der Waals surface area contributed by atoms with Gasteiger partial charge in [-0.3, -0.25) is 0 Å². The Morgan fingerprint density at radius 3 is 2.47 bits per heavy atom. The highest BCUT2D eigenvalue weighted by Crippen LogP contribution is 2.25. The Hall–Kier alpha value is -1.23. The van der Waals surface area contributed by atoms with Crippen molar-refractivity contribution < 1.29 is 13.2 Å². The van der Waals surface area contributed by atoms with Crippen molar-refractivity contribution >= 4 is 5.69 Å². The van der Waals surface area contributed by atoms with Crippen LogP contribution in [0.2, 0.25) is 0 Å². The van der Waals surface area contributed by atoms with Gasteiger partial charge >= 0.3 is 6.18 Å². The predicted octanol–water partition coefficient (Wildman–Crippen LogP) is 2.34. The molecule has 94 valence electrons. The second-order valence-corrected chi connectivity index (χ2v) is 4.33. The molecule has 5 heteroatoms. The van der Waals surface area contributed by atoms with E-state index in [1.54, 1.807) is 4.90 Å². The molecule has 0 amide bonds. The fourth-order valence-corrected chi connectivity index (χ4v) is 1.96. The molecule has 0 aliphatic carbocycles. The summed E-state index contributed by atoms with van der Waals surface area (Å²) in [6.45, 7) is 2.90. The Bertz CT molecular complexity index is 372. The molecular weight excluding hydrogens is 229 g/mol. The number of alkyl halides is 3. The van der Waals surface area contributed by atoms with E-state index in [4.69, 9.17) is 0 Å². The van der Waals surface area contributed by atoms with E-state index < -0.39 is 12.2 Å². The summed E-state index contributed by atoms with van der Waals surface area (Å²) in [4.78, 5) is 1.77. The highest BCUT2D eigenvalue weighted by atomic mass is 19.4. The first kappa shape index (κ1) is 12.2. The van der Waals surface area contributed by atoms with Gasteiger partial charge in [-0.2, -0.15) is 13.2 Å². The number of benzene rings is 1. The smallest absolute Gasteiger partial charge is 0.368 e. The molecule has 1 heterocycles. The van der Waals surface area contributed by atoms with Crippen LogP contribution in [0.15, 0.2) is 24.3 Å². The molecule has 17 heavy (non-hydrogen) atoms. The Kier molecular flexibility index (Phi) is 3.28. The van der Waals surface area contributed by atoms with Gasteiger partial charge in [0.05, 0.1) is 0 Å². The second kappa shape index (κ2) is 4.56. The SMILES string of the molecule is Cc1ccc(N2CCNC(C(F)(F)F)C2)cc1. The molecule has 0 radical (unpaired) electrons. The van der Waals surface area contributed by atoms with Gasteiger partial charge < -0.3 is 10.2 Å². The predicted molar refractivity (Wildman–Crippen MR) is 61.2 cm³/mol. The summed E-state index contributed by atoms with van der Waals surface area (Å²) in [6.07, 6.45) is -4.18. The van der Waals surface area contributed by atoms with Crippen molar-refractivity contribution in [3.63, 3.8) is 0 Å². The Balaban J connectivity index is 2.09. The summed E-state index contributed by atoms with van der Waals surface area (Å²) in [5.74, 6) is 0. The molecular formula is C12H15F3N2.